The molecule has 1 aliphatic rings. The summed E-state index contributed by atoms with van der Waals surface area (Å²) in [5, 5.41) is 16.2. The smallest absolute Gasteiger partial charge is 0.293 e. The van der Waals surface area contributed by atoms with Gasteiger partial charge in [0, 0.05) is 19.2 Å². The van der Waals surface area contributed by atoms with Crippen LogP contribution in [0.2, 0.25) is 0 Å². The van der Waals surface area contributed by atoms with E-state index in [9.17, 15) is 18.5 Å². The van der Waals surface area contributed by atoms with Crippen LogP contribution in [0.1, 0.15) is 13.8 Å². The highest BCUT2D eigenvalue weighted by Gasteiger charge is 2.28. The number of hydrogen-bond acceptors (Lipinski definition) is 6. The summed E-state index contributed by atoms with van der Waals surface area (Å²) >= 11 is 0. The number of nitro groups is 1. The van der Waals surface area contributed by atoms with Crippen LogP contribution in [0.3, 0.4) is 0 Å². The molecule has 1 saturated heterocycles. The van der Waals surface area contributed by atoms with Crippen molar-refractivity contribution in [2.24, 2.45) is 5.14 Å². The van der Waals surface area contributed by atoms with Crippen molar-refractivity contribution in [3.05, 3.63) is 28.3 Å². The average molecular weight is 315 g/mol. The lowest BCUT2D eigenvalue weighted by molar-refractivity contribution is -0.384. The molecule has 0 saturated carbocycles. The minimum atomic E-state index is -3.98. The number of nitrogens with two attached hydrogens (primary N) is 1. The third kappa shape index (κ3) is 3.49. The van der Waals surface area contributed by atoms with Crippen LogP contribution in [0.5, 0.6) is 0 Å². The van der Waals surface area contributed by atoms with Crippen LogP contribution in [-0.2, 0) is 14.8 Å². The van der Waals surface area contributed by atoms with E-state index in [-0.39, 0.29) is 22.8 Å². The van der Waals surface area contributed by atoms with E-state index >= 15 is 0 Å². The van der Waals surface area contributed by atoms with E-state index in [0.29, 0.717) is 18.8 Å². The second-order valence-corrected chi connectivity index (χ2v) is 6.68. The Morgan fingerprint density at radius 1 is 1.33 bits per heavy atom. The van der Waals surface area contributed by atoms with Crippen LogP contribution in [0.4, 0.5) is 11.4 Å². The molecule has 116 valence electrons. The maximum absolute atomic E-state index is 11.3. The van der Waals surface area contributed by atoms with Crippen molar-refractivity contribution in [3.8, 4) is 0 Å². The fourth-order valence-electron chi connectivity index (χ4n) is 2.47. The molecule has 9 heteroatoms. The second kappa shape index (κ2) is 5.58. The van der Waals surface area contributed by atoms with Gasteiger partial charge in [-0.05, 0) is 26.0 Å². The van der Waals surface area contributed by atoms with Gasteiger partial charge in [0.25, 0.3) is 5.69 Å². The second-order valence-electron chi connectivity index (χ2n) is 5.11. The van der Waals surface area contributed by atoms with Gasteiger partial charge >= 0.3 is 0 Å². The van der Waals surface area contributed by atoms with Gasteiger partial charge < -0.3 is 9.64 Å². The summed E-state index contributed by atoms with van der Waals surface area (Å²) in [6, 6.07) is 3.70. The summed E-state index contributed by atoms with van der Waals surface area (Å²) in [6.45, 7) is 4.76. The molecule has 0 radical (unpaired) electrons. The zero-order valence-electron chi connectivity index (χ0n) is 11.7. The minimum Gasteiger partial charge on any atom is -0.372 e. The summed E-state index contributed by atoms with van der Waals surface area (Å²) in [4.78, 5) is 12.2. The predicted molar refractivity (Wildman–Crippen MR) is 76.7 cm³/mol. The Balaban J connectivity index is 2.46. The Hall–Kier alpha value is -1.71. The standard InChI is InChI=1S/C12H17N3O5S/c1-8-6-14(7-9(2)20-8)11-4-3-10(21(13,18)19)5-12(11)15(16)17/h3-5,8-9H,6-7H2,1-2H3,(H2,13,18,19). The quantitative estimate of drug-likeness (QED) is 0.653. The molecular weight excluding hydrogens is 298 g/mol. The number of morpholine rings is 1. The van der Waals surface area contributed by atoms with Gasteiger partial charge in [-0.15, -0.1) is 0 Å². The molecule has 2 atom stereocenters. The lowest BCUT2D eigenvalue weighted by Crippen LogP contribution is -2.45. The first-order chi connectivity index (χ1) is 9.68. The fraction of sp³-hybridized carbons (Fsp3) is 0.500. The number of nitro benzene ring substituents is 1. The Bertz CT molecular complexity index is 651. The van der Waals surface area contributed by atoms with Crippen molar-refractivity contribution in [1.82, 2.24) is 0 Å². The molecule has 2 rings (SSSR count). The van der Waals surface area contributed by atoms with Crippen molar-refractivity contribution in [3.63, 3.8) is 0 Å². The summed E-state index contributed by atoms with van der Waals surface area (Å²) in [5.41, 5.74) is 0.0947. The molecule has 8 nitrogen and oxygen atoms in total. The zero-order valence-corrected chi connectivity index (χ0v) is 12.5. The van der Waals surface area contributed by atoms with Gasteiger partial charge in [-0.2, -0.15) is 0 Å². The number of ether oxygens (including phenoxy) is 1. The van der Waals surface area contributed by atoms with Crippen LogP contribution < -0.4 is 10.0 Å². The molecule has 1 aromatic rings. The molecule has 1 aliphatic heterocycles. The SMILES string of the molecule is CC1CN(c2ccc(S(N)(=O)=O)cc2[N+](=O)[O-])CC(C)O1. The summed E-state index contributed by atoms with van der Waals surface area (Å²) in [6.07, 6.45) is -0.127. The molecule has 0 amide bonds. The van der Waals surface area contributed by atoms with E-state index in [1.54, 1.807) is 0 Å². The molecule has 1 fully saturated rings. The highest BCUT2D eigenvalue weighted by Crippen LogP contribution is 2.32. The molecule has 1 aromatic carbocycles. The molecule has 0 spiro atoms. The van der Waals surface area contributed by atoms with Gasteiger partial charge in [0.2, 0.25) is 10.0 Å². The predicted octanol–water partition coefficient (Wildman–Crippen LogP) is 0.856. The number of primary sulfonamides is 1. The van der Waals surface area contributed by atoms with Crippen LogP contribution in [0.15, 0.2) is 23.1 Å². The summed E-state index contributed by atoms with van der Waals surface area (Å²) in [5.74, 6) is 0. The third-order valence-corrected chi connectivity index (χ3v) is 4.14. The van der Waals surface area contributed by atoms with Crippen LogP contribution in [0.25, 0.3) is 0 Å². The van der Waals surface area contributed by atoms with E-state index < -0.39 is 14.9 Å². The van der Waals surface area contributed by atoms with E-state index in [1.165, 1.54) is 12.1 Å². The first kappa shape index (κ1) is 15.7. The largest absolute Gasteiger partial charge is 0.372 e. The van der Waals surface area contributed by atoms with Gasteiger partial charge in [0.1, 0.15) is 5.69 Å². The Morgan fingerprint density at radius 2 is 1.90 bits per heavy atom. The fourth-order valence-corrected chi connectivity index (χ4v) is 3.00. The number of benzene rings is 1. The highest BCUT2D eigenvalue weighted by molar-refractivity contribution is 7.89. The van der Waals surface area contributed by atoms with Crippen LogP contribution in [0, 0.1) is 10.1 Å². The topological polar surface area (TPSA) is 116 Å². The van der Waals surface area contributed by atoms with Crippen LogP contribution >= 0.6 is 0 Å². The molecule has 1 heterocycles. The molecular formula is C12H17N3O5S. The highest BCUT2D eigenvalue weighted by atomic mass is 32.2. The normalized spacial score (nSPS) is 23.1. The van der Waals surface area contributed by atoms with E-state index in [1.807, 2.05) is 18.7 Å². The molecule has 0 bridgehead atoms. The van der Waals surface area contributed by atoms with E-state index in [0.717, 1.165) is 6.07 Å². The van der Waals surface area contributed by atoms with Crippen molar-refractivity contribution < 1.29 is 18.1 Å². The number of anilines is 1. The maximum Gasteiger partial charge on any atom is 0.293 e. The molecule has 0 aromatic heterocycles. The zero-order chi connectivity index (χ0) is 15.8. The van der Waals surface area contributed by atoms with Crippen LogP contribution in [-0.4, -0.2) is 38.6 Å². The Labute approximate surface area is 122 Å². The lowest BCUT2D eigenvalue weighted by atomic mass is 10.2. The number of sulfonamides is 1. The van der Waals surface area contributed by atoms with Gasteiger partial charge in [-0.25, -0.2) is 13.6 Å². The van der Waals surface area contributed by atoms with Crippen molar-refractivity contribution in [2.45, 2.75) is 31.0 Å². The van der Waals surface area contributed by atoms with E-state index in [2.05, 4.69) is 0 Å². The monoisotopic (exact) mass is 315 g/mol. The number of hydrogen-bond donors (Lipinski definition) is 1. The Morgan fingerprint density at radius 3 is 2.38 bits per heavy atom. The van der Waals surface area contributed by atoms with Gasteiger partial charge in [-0.1, -0.05) is 0 Å². The first-order valence-corrected chi connectivity index (χ1v) is 7.94. The number of nitrogens with zero attached hydrogens (tertiary/aromatic N) is 2. The Kier molecular flexibility index (Phi) is 4.17. The van der Waals surface area contributed by atoms with Crippen molar-refractivity contribution in [1.29, 1.82) is 0 Å². The average Bonchev–Trinajstić information content (AvgIpc) is 2.35. The van der Waals surface area contributed by atoms with Gasteiger partial charge in [0.05, 0.1) is 22.0 Å². The number of rotatable bonds is 3. The summed E-state index contributed by atoms with van der Waals surface area (Å²) in [7, 11) is -3.98. The van der Waals surface area contributed by atoms with Crippen molar-refractivity contribution >= 4 is 21.4 Å². The van der Waals surface area contributed by atoms with Gasteiger partial charge in [0.15, 0.2) is 0 Å². The third-order valence-electron chi connectivity index (χ3n) is 3.23. The van der Waals surface area contributed by atoms with Crippen molar-refractivity contribution in [2.75, 3.05) is 18.0 Å². The summed E-state index contributed by atoms with van der Waals surface area (Å²) < 4.78 is 28.2. The minimum absolute atomic E-state index is 0.0636. The lowest BCUT2D eigenvalue weighted by Gasteiger charge is -2.36. The van der Waals surface area contributed by atoms with E-state index in [4.69, 9.17) is 9.88 Å². The molecule has 21 heavy (non-hydrogen) atoms. The maximum atomic E-state index is 11.3. The molecule has 0 aliphatic carbocycles. The van der Waals surface area contributed by atoms with Gasteiger partial charge in [-0.3, -0.25) is 10.1 Å². The molecule has 2 unspecified atom stereocenters. The molecule has 2 N–H and O–H groups in total. The first-order valence-electron chi connectivity index (χ1n) is 6.40.